The summed E-state index contributed by atoms with van der Waals surface area (Å²) in [6.45, 7) is 3.37. The zero-order chi connectivity index (χ0) is 9.07. The van der Waals surface area contributed by atoms with Gasteiger partial charge in [-0.3, -0.25) is 9.59 Å². The molecule has 4 nitrogen and oxygen atoms in total. The average Bonchev–Trinajstić information content (AvgIpc) is 1.86. The summed E-state index contributed by atoms with van der Waals surface area (Å²) < 4.78 is 4.58. The summed E-state index contributed by atoms with van der Waals surface area (Å²) >= 11 is 0. The Labute approximate surface area is 66.1 Å². The van der Waals surface area contributed by atoms with E-state index < -0.39 is 5.60 Å². The summed E-state index contributed by atoms with van der Waals surface area (Å²) in [4.78, 5) is 22.5. The highest BCUT2D eigenvalue weighted by molar-refractivity contribution is 5.84. The van der Waals surface area contributed by atoms with Crippen LogP contribution in [0.15, 0.2) is 0 Å². The van der Waals surface area contributed by atoms with Crippen LogP contribution in [0.3, 0.4) is 0 Å². The topological polar surface area (TPSA) is 46.6 Å². The van der Waals surface area contributed by atoms with Gasteiger partial charge < -0.3 is 9.64 Å². The Morgan fingerprint density at radius 3 is 2.18 bits per heavy atom. The first kappa shape index (κ1) is 9.94. The summed E-state index contributed by atoms with van der Waals surface area (Å²) in [5.74, 6) is -0.232. The van der Waals surface area contributed by atoms with Gasteiger partial charge in [0.15, 0.2) is 5.60 Å². The molecule has 4 heteroatoms. The van der Waals surface area contributed by atoms with Gasteiger partial charge in [0.05, 0.1) is 0 Å². The maximum atomic E-state index is 11.2. The van der Waals surface area contributed by atoms with Gasteiger partial charge in [-0.15, -0.1) is 0 Å². The molecule has 64 valence electrons. The van der Waals surface area contributed by atoms with E-state index in [0.717, 1.165) is 0 Å². The van der Waals surface area contributed by atoms with Crippen molar-refractivity contribution >= 4 is 12.4 Å². The minimum Gasteiger partial charge on any atom is -0.452 e. The van der Waals surface area contributed by atoms with Gasteiger partial charge in [-0.2, -0.15) is 0 Å². The van der Waals surface area contributed by atoms with E-state index in [-0.39, 0.29) is 12.4 Å². The molecule has 0 unspecified atom stereocenters. The first-order valence-electron chi connectivity index (χ1n) is 3.25. The Balaban J connectivity index is 4.28. The first-order valence-corrected chi connectivity index (χ1v) is 3.25. The van der Waals surface area contributed by atoms with Gasteiger partial charge in [0.2, 0.25) is 0 Å². The molecule has 0 radical (unpaired) electrons. The van der Waals surface area contributed by atoms with Crippen molar-refractivity contribution in [3.05, 3.63) is 0 Å². The van der Waals surface area contributed by atoms with Crippen LogP contribution in [0.25, 0.3) is 0 Å². The van der Waals surface area contributed by atoms with Crippen LogP contribution in [-0.2, 0) is 14.3 Å². The average molecular weight is 159 g/mol. The van der Waals surface area contributed by atoms with Crippen LogP contribution in [0, 0.1) is 0 Å². The Morgan fingerprint density at radius 2 is 1.91 bits per heavy atom. The number of likely N-dealkylation sites (N-methyl/N-ethyl adjacent to an activating group) is 1. The molecule has 0 saturated carbocycles. The molecule has 0 aromatic heterocycles. The van der Waals surface area contributed by atoms with Gasteiger partial charge in [0, 0.05) is 14.1 Å². The quantitative estimate of drug-likeness (QED) is 0.546. The monoisotopic (exact) mass is 159 g/mol. The number of nitrogens with zero attached hydrogens (tertiary/aromatic N) is 1. The smallest absolute Gasteiger partial charge is 0.294 e. The lowest BCUT2D eigenvalue weighted by molar-refractivity contribution is -0.159. The molecule has 0 rings (SSSR count). The van der Waals surface area contributed by atoms with Crippen molar-refractivity contribution < 1.29 is 14.3 Å². The molecule has 0 atom stereocenters. The molecule has 0 saturated heterocycles. The third-order valence-electron chi connectivity index (χ3n) is 1.26. The highest BCUT2D eigenvalue weighted by atomic mass is 16.5. The molecule has 0 aromatic rings. The highest BCUT2D eigenvalue weighted by Crippen LogP contribution is 2.09. The summed E-state index contributed by atoms with van der Waals surface area (Å²) in [5, 5.41) is 0. The third-order valence-corrected chi connectivity index (χ3v) is 1.26. The minimum absolute atomic E-state index is 0.232. The maximum Gasteiger partial charge on any atom is 0.294 e. The molecule has 0 N–H and O–H groups in total. The fourth-order valence-corrected chi connectivity index (χ4v) is 0.709. The van der Waals surface area contributed by atoms with E-state index in [2.05, 4.69) is 4.74 Å². The molecule has 0 aromatic carbocycles. The molecule has 0 spiro atoms. The second kappa shape index (κ2) is 3.37. The fraction of sp³-hybridized carbons (Fsp3) is 0.714. The fourth-order valence-electron chi connectivity index (χ4n) is 0.709. The van der Waals surface area contributed by atoms with Crippen molar-refractivity contribution in [2.45, 2.75) is 19.4 Å². The molecule has 11 heavy (non-hydrogen) atoms. The standard InChI is InChI=1S/C7H13NO3/c1-7(2,11-5-9)6(10)8(3)4/h5H,1-4H3. The van der Waals surface area contributed by atoms with E-state index >= 15 is 0 Å². The number of carbonyl (C=O) groups excluding carboxylic acids is 2. The molecule has 0 aliphatic carbocycles. The predicted molar refractivity (Wildman–Crippen MR) is 39.9 cm³/mol. The summed E-state index contributed by atoms with van der Waals surface area (Å²) in [7, 11) is 3.22. The normalized spacial score (nSPS) is 10.5. The molecule has 0 bridgehead atoms. The van der Waals surface area contributed by atoms with E-state index in [4.69, 9.17) is 0 Å². The number of ether oxygens (including phenoxy) is 1. The van der Waals surface area contributed by atoms with E-state index in [1.54, 1.807) is 27.9 Å². The molecular formula is C7H13NO3. The van der Waals surface area contributed by atoms with Crippen molar-refractivity contribution in [3.63, 3.8) is 0 Å². The number of rotatable bonds is 3. The molecule has 0 aliphatic rings. The second-order valence-electron chi connectivity index (χ2n) is 2.92. The largest absolute Gasteiger partial charge is 0.452 e. The minimum atomic E-state index is -1.05. The number of hydrogen-bond donors (Lipinski definition) is 0. The van der Waals surface area contributed by atoms with Crippen LogP contribution in [0.5, 0.6) is 0 Å². The van der Waals surface area contributed by atoms with Gasteiger partial charge in [-0.05, 0) is 13.8 Å². The second-order valence-corrected chi connectivity index (χ2v) is 2.92. The third kappa shape index (κ3) is 2.57. The first-order chi connectivity index (χ1) is 4.91. The van der Waals surface area contributed by atoms with Crippen molar-refractivity contribution in [2.24, 2.45) is 0 Å². The summed E-state index contributed by atoms with van der Waals surface area (Å²) in [5.41, 5.74) is -1.05. The van der Waals surface area contributed by atoms with Crippen LogP contribution >= 0.6 is 0 Å². The Bertz CT molecular complexity index is 163. The van der Waals surface area contributed by atoms with Crippen molar-refractivity contribution in [1.82, 2.24) is 4.90 Å². The Hall–Kier alpha value is -1.06. The summed E-state index contributed by atoms with van der Waals surface area (Å²) in [6.07, 6.45) is 0. The number of hydrogen-bond acceptors (Lipinski definition) is 3. The van der Waals surface area contributed by atoms with Crippen molar-refractivity contribution in [1.29, 1.82) is 0 Å². The van der Waals surface area contributed by atoms with Crippen LogP contribution in [0.2, 0.25) is 0 Å². The van der Waals surface area contributed by atoms with E-state index in [1.165, 1.54) is 4.90 Å². The SMILES string of the molecule is CN(C)C(=O)C(C)(C)OC=O. The van der Waals surface area contributed by atoms with Crippen LogP contribution in [0.1, 0.15) is 13.8 Å². The molecule has 1 amide bonds. The van der Waals surface area contributed by atoms with Crippen LogP contribution in [-0.4, -0.2) is 37.0 Å². The maximum absolute atomic E-state index is 11.2. The van der Waals surface area contributed by atoms with Crippen molar-refractivity contribution in [2.75, 3.05) is 14.1 Å². The summed E-state index contributed by atoms with van der Waals surface area (Å²) in [6, 6.07) is 0. The number of carbonyl (C=O) groups is 2. The molecular weight excluding hydrogens is 146 g/mol. The zero-order valence-electron chi connectivity index (χ0n) is 7.25. The van der Waals surface area contributed by atoms with Gasteiger partial charge in [-0.1, -0.05) is 0 Å². The lowest BCUT2D eigenvalue weighted by Crippen LogP contribution is -2.43. The Kier molecular flexibility index (Phi) is 3.04. The van der Waals surface area contributed by atoms with E-state index in [1.807, 2.05) is 0 Å². The van der Waals surface area contributed by atoms with E-state index in [0.29, 0.717) is 0 Å². The lowest BCUT2D eigenvalue weighted by atomic mass is 10.1. The molecule has 0 aliphatic heterocycles. The molecule has 0 heterocycles. The highest BCUT2D eigenvalue weighted by Gasteiger charge is 2.30. The van der Waals surface area contributed by atoms with Gasteiger partial charge >= 0.3 is 0 Å². The van der Waals surface area contributed by atoms with Crippen LogP contribution in [0.4, 0.5) is 0 Å². The lowest BCUT2D eigenvalue weighted by Gasteiger charge is -2.24. The van der Waals surface area contributed by atoms with Crippen LogP contribution < -0.4 is 0 Å². The predicted octanol–water partition coefficient (Wildman–Crippen LogP) is 0.0262. The van der Waals surface area contributed by atoms with E-state index in [9.17, 15) is 9.59 Å². The number of amides is 1. The van der Waals surface area contributed by atoms with Gasteiger partial charge in [0.25, 0.3) is 12.4 Å². The van der Waals surface area contributed by atoms with Crippen molar-refractivity contribution in [3.8, 4) is 0 Å². The van der Waals surface area contributed by atoms with Gasteiger partial charge in [0.1, 0.15) is 0 Å². The Morgan fingerprint density at radius 1 is 1.45 bits per heavy atom. The molecule has 0 fully saturated rings. The zero-order valence-corrected chi connectivity index (χ0v) is 7.25. The van der Waals surface area contributed by atoms with Gasteiger partial charge in [-0.25, -0.2) is 0 Å².